The summed E-state index contributed by atoms with van der Waals surface area (Å²) >= 11 is 3.51. The largest absolute Gasteiger partial charge is 0.373 e. The lowest BCUT2D eigenvalue weighted by atomic mass is 9.47. The molecule has 2 nitrogen and oxygen atoms in total. The molecular formula is C28H37BrO2. The van der Waals surface area contributed by atoms with Crippen LogP contribution >= 0.6 is 15.9 Å². The minimum absolute atomic E-state index is 0.250. The second-order valence-electron chi connectivity index (χ2n) is 11.3. The maximum Gasteiger partial charge on any atom is 0.133 e. The molecule has 3 heteroatoms. The van der Waals surface area contributed by atoms with E-state index in [4.69, 9.17) is 4.74 Å². The first-order valence-electron chi connectivity index (χ1n) is 12.4. The predicted octanol–water partition coefficient (Wildman–Crippen LogP) is 7.50. The average molecular weight is 486 g/mol. The van der Waals surface area contributed by atoms with Crippen LogP contribution in [0.2, 0.25) is 0 Å². The van der Waals surface area contributed by atoms with Crippen molar-refractivity contribution < 1.29 is 9.53 Å². The first kappa shape index (κ1) is 21.9. The van der Waals surface area contributed by atoms with Gasteiger partial charge in [-0.2, -0.15) is 0 Å². The lowest BCUT2D eigenvalue weighted by molar-refractivity contribution is -0.127. The number of rotatable bonds is 4. The van der Waals surface area contributed by atoms with Gasteiger partial charge in [0.15, 0.2) is 0 Å². The van der Waals surface area contributed by atoms with Crippen molar-refractivity contribution in [3.8, 4) is 0 Å². The maximum absolute atomic E-state index is 12.3. The number of hydrogen-bond acceptors (Lipinski definition) is 2. The Balaban J connectivity index is 1.29. The second kappa shape index (κ2) is 8.13. The summed E-state index contributed by atoms with van der Waals surface area (Å²) in [5.41, 5.74) is 3.52. The first-order valence-corrected chi connectivity index (χ1v) is 13.2. The van der Waals surface area contributed by atoms with Crippen molar-refractivity contribution in [2.45, 2.75) is 84.8 Å². The SMILES string of the molecule is CC(=O)C1CCC2C3CC=C4CC(OCc5ccc(Br)cc5)CCC4(C)C3CCC12C. The van der Waals surface area contributed by atoms with Gasteiger partial charge in [0.25, 0.3) is 0 Å². The Hall–Kier alpha value is -0.930. The highest BCUT2D eigenvalue weighted by molar-refractivity contribution is 9.10. The molecule has 0 radical (unpaired) electrons. The fourth-order valence-corrected chi connectivity index (χ4v) is 8.50. The molecule has 4 aliphatic rings. The fourth-order valence-electron chi connectivity index (χ4n) is 8.23. The van der Waals surface area contributed by atoms with E-state index >= 15 is 0 Å². The molecule has 31 heavy (non-hydrogen) atoms. The van der Waals surface area contributed by atoms with Gasteiger partial charge < -0.3 is 4.74 Å². The normalized spacial score (nSPS) is 41.7. The van der Waals surface area contributed by atoms with Crippen molar-refractivity contribution in [1.82, 2.24) is 0 Å². The van der Waals surface area contributed by atoms with Gasteiger partial charge >= 0.3 is 0 Å². The molecule has 0 saturated heterocycles. The van der Waals surface area contributed by atoms with Gasteiger partial charge in [-0.1, -0.05) is 53.6 Å². The molecule has 3 saturated carbocycles. The van der Waals surface area contributed by atoms with E-state index in [1.54, 1.807) is 5.57 Å². The van der Waals surface area contributed by atoms with Gasteiger partial charge in [-0.05, 0) is 105 Å². The highest BCUT2D eigenvalue weighted by atomic mass is 79.9. The summed E-state index contributed by atoms with van der Waals surface area (Å²) in [6.45, 7) is 7.54. The third-order valence-corrected chi connectivity index (χ3v) is 10.5. The van der Waals surface area contributed by atoms with Gasteiger partial charge in [0, 0.05) is 10.4 Å². The van der Waals surface area contributed by atoms with Gasteiger partial charge in [0.2, 0.25) is 0 Å². The van der Waals surface area contributed by atoms with E-state index in [0.29, 0.717) is 29.8 Å². The van der Waals surface area contributed by atoms with Crippen molar-refractivity contribution in [1.29, 1.82) is 0 Å². The summed E-state index contributed by atoms with van der Waals surface area (Å²) in [6, 6.07) is 8.49. The van der Waals surface area contributed by atoms with Gasteiger partial charge in [0.05, 0.1) is 12.7 Å². The molecule has 0 aromatic heterocycles. The molecule has 0 aliphatic heterocycles. The monoisotopic (exact) mass is 484 g/mol. The summed E-state index contributed by atoms with van der Waals surface area (Å²) < 4.78 is 7.49. The van der Waals surface area contributed by atoms with Crippen molar-refractivity contribution in [3.05, 3.63) is 46.0 Å². The molecule has 1 aromatic carbocycles. The average Bonchev–Trinajstić information content (AvgIpc) is 3.11. The number of fused-ring (bicyclic) bond motifs is 5. The van der Waals surface area contributed by atoms with E-state index in [2.05, 4.69) is 60.1 Å². The highest BCUT2D eigenvalue weighted by Crippen LogP contribution is 2.66. The topological polar surface area (TPSA) is 26.3 Å². The summed E-state index contributed by atoms with van der Waals surface area (Å²) in [4.78, 5) is 12.3. The molecule has 168 valence electrons. The third-order valence-electron chi connectivity index (χ3n) is 9.95. The maximum atomic E-state index is 12.3. The van der Waals surface area contributed by atoms with Crippen LogP contribution in [0.25, 0.3) is 0 Å². The van der Waals surface area contributed by atoms with Crippen molar-refractivity contribution in [3.63, 3.8) is 0 Å². The van der Waals surface area contributed by atoms with Crippen LogP contribution in [0.3, 0.4) is 0 Å². The number of carbonyl (C=O) groups is 1. The van der Waals surface area contributed by atoms with E-state index < -0.39 is 0 Å². The number of ketones is 1. The molecule has 7 unspecified atom stereocenters. The summed E-state index contributed by atoms with van der Waals surface area (Å²) in [5, 5.41) is 0. The zero-order chi connectivity index (χ0) is 21.8. The van der Waals surface area contributed by atoms with Crippen LogP contribution in [-0.2, 0) is 16.1 Å². The molecule has 3 fully saturated rings. The Bertz CT molecular complexity index is 874. The molecule has 0 amide bonds. The van der Waals surface area contributed by atoms with Crippen LogP contribution in [0.4, 0.5) is 0 Å². The first-order chi connectivity index (χ1) is 14.8. The van der Waals surface area contributed by atoms with Gasteiger partial charge in [-0.3, -0.25) is 4.79 Å². The number of allylic oxidation sites excluding steroid dienone is 1. The molecular weight excluding hydrogens is 448 g/mol. The number of halogens is 1. The van der Waals surface area contributed by atoms with Crippen LogP contribution in [-0.4, -0.2) is 11.9 Å². The van der Waals surface area contributed by atoms with E-state index in [1.165, 1.54) is 44.1 Å². The number of Topliss-reactive ketones (excluding diaryl/α,β-unsaturated/α-hetero) is 1. The molecule has 0 N–H and O–H groups in total. The van der Waals surface area contributed by atoms with Gasteiger partial charge in [-0.15, -0.1) is 0 Å². The zero-order valence-electron chi connectivity index (χ0n) is 19.3. The van der Waals surface area contributed by atoms with E-state index in [-0.39, 0.29) is 5.41 Å². The Labute approximate surface area is 196 Å². The van der Waals surface area contributed by atoms with Crippen LogP contribution in [0, 0.1) is 34.5 Å². The molecule has 5 rings (SSSR count). The third kappa shape index (κ3) is 3.68. The summed E-state index contributed by atoms with van der Waals surface area (Å²) in [6.07, 6.45) is 12.6. The van der Waals surface area contributed by atoms with Crippen molar-refractivity contribution >= 4 is 21.7 Å². The lowest BCUT2D eigenvalue weighted by Crippen LogP contribution is -2.51. The van der Waals surface area contributed by atoms with Crippen molar-refractivity contribution in [2.24, 2.45) is 34.5 Å². The Morgan fingerprint density at radius 2 is 1.84 bits per heavy atom. The van der Waals surface area contributed by atoms with Crippen LogP contribution in [0.15, 0.2) is 40.4 Å². The number of ether oxygens (including phenoxy) is 1. The van der Waals surface area contributed by atoms with E-state index in [9.17, 15) is 4.79 Å². The molecule has 7 atom stereocenters. The molecule has 0 heterocycles. The van der Waals surface area contributed by atoms with Crippen LogP contribution < -0.4 is 0 Å². The lowest BCUT2D eigenvalue weighted by Gasteiger charge is -2.58. The summed E-state index contributed by atoms with van der Waals surface area (Å²) in [7, 11) is 0. The molecule has 0 bridgehead atoms. The highest BCUT2D eigenvalue weighted by Gasteiger charge is 2.59. The number of hydrogen-bond donors (Lipinski definition) is 0. The number of benzene rings is 1. The summed E-state index contributed by atoms with van der Waals surface area (Å²) in [5.74, 6) is 3.05. The van der Waals surface area contributed by atoms with E-state index in [1.807, 2.05) is 6.92 Å². The van der Waals surface area contributed by atoms with E-state index in [0.717, 1.165) is 35.1 Å². The predicted molar refractivity (Wildman–Crippen MR) is 129 cm³/mol. The Morgan fingerprint density at radius 3 is 2.58 bits per heavy atom. The van der Waals surface area contributed by atoms with Gasteiger partial charge in [0.1, 0.15) is 5.78 Å². The van der Waals surface area contributed by atoms with Crippen molar-refractivity contribution in [2.75, 3.05) is 0 Å². The minimum atomic E-state index is 0.250. The molecule has 1 aromatic rings. The molecule has 0 spiro atoms. The Kier molecular flexibility index (Phi) is 5.74. The fraction of sp³-hybridized carbons (Fsp3) is 0.679. The quantitative estimate of drug-likeness (QED) is 0.413. The van der Waals surface area contributed by atoms with Gasteiger partial charge in [-0.25, -0.2) is 0 Å². The second-order valence-corrected chi connectivity index (χ2v) is 12.3. The zero-order valence-corrected chi connectivity index (χ0v) is 20.9. The minimum Gasteiger partial charge on any atom is -0.373 e. The smallest absolute Gasteiger partial charge is 0.133 e. The molecule has 4 aliphatic carbocycles. The standard InChI is InChI=1S/C28H37BrO2/c1-18(30)24-10-11-25-23-9-6-20-16-22(31-17-19-4-7-21(29)8-5-19)12-14-27(20,2)26(23)13-15-28(24,25)3/h4-8,22-26H,9-17H2,1-3H3. The van der Waals surface area contributed by atoms with Crippen LogP contribution in [0.5, 0.6) is 0 Å². The van der Waals surface area contributed by atoms with Crippen LogP contribution in [0.1, 0.15) is 77.7 Å². The number of carbonyl (C=O) groups excluding carboxylic acids is 1. The Morgan fingerprint density at radius 1 is 1.06 bits per heavy atom.